The standard InChI is InChI=1S/C52H61N9O11S2/c1-33-35-10-7-13-40(45(35)49(66)61(33)39-16-17-43(62)57-48(39)65)72-32-44(63)55-21-5-4-19-53-22-25-69-27-29-71-30-28-70-26-23-54-20-8-15-42-46(50(67)68)58-52(74-42)60-24-18-34-9-6-11-36(37(34)31-60)47(64)59-51-56-38-12-2-3-14-41(38)73-51/h2-3,6-7,9-14,39,53-54H,1,4-5,8,15-32H2,(H,55,63)(H,67,68)(H,56,59,64)(H,57,62,65). The minimum Gasteiger partial charge on any atom is -0.483 e. The van der Waals surface area contributed by atoms with Crippen LogP contribution in [0.15, 0.2) is 67.2 Å². The van der Waals surface area contributed by atoms with Crippen LogP contribution in [0.5, 0.6) is 5.75 Å². The Balaban J connectivity index is 0.609. The van der Waals surface area contributed by atoms with Crippen molar-refractivity contribution in [3.05, 3.63) is 106 Å². The van der Waals surface area contributed by atoms with Gasteiger partial charge in [0, 0.05) is 60.8 Å². The van der Waals surface area contributed by atoms with Crippen molar-refractivity contribution in [3.8, 4) is 5.75 Å². The van der Waals surface area contributed by atoms with Crippen LogP contribution in [0.3, 0.4) is 0 Å². The molecule has 22 heteroatoms. The second-order valence-corrected chi connectivity index (χ2v) is 19.8. The van der Waals surface area contributed by atoms with Crippen molar-refractivity contribution in [2.45, 2.75) is 57.5 Å². The fraction of sp³-hybridized carbons (Fsp3) is 0.423. The van der Waals surface area contributed by atoms with Crippen LogP contribution in [0.25, 0.3) is 15.9 Å². The summed E-state index contributed by atoms with van der Waals surface area (Å²) in [6.45, 7) is 11.0. The zero-order valence-corrected chi connectivity index (χ0v) is 42.7. The fourth-order valence-corrected chi connectivity index (χ4v) is 10.8. The van der Waals surface area contributed by atoms with Crippen LogP contribution < -0.4 is 36.2 Å². The number of carbonyl (C=O) groups excluding carboxylic acids is 5. The molecule has 1 unspecified atom stereocenters. The highest BCUT2D eigenvalue weighted by Crippen LogP contribution is 2.40. The van der Waals surface area contributed by atoms with Crippen LogP contribution in [0, 0.1) is 0 Å². The Morgan fingerprint density at radius 1 is 0.811 bits per heavy atom. The quantitative estimate of drug-likeness (QED) is 0.0282. The van der Waals surface area contributed by atoms with Gasteiger partial charge in [0.1, 0.15) is 11.8 Å². The maximum absolute atomic E-state index is 13.5. The lowest BCUT2D eigenvalue weighted by atomic mass is 9.94. The second-order valence-electron chi connectivity index (χ2n) is 17.7. The van der Waals surface area contributed by atoms with Gasteiger partial charge in [-0.25, -0.2) is 14.8 Å². The topological polar surface area (TPSA) is 252 Å². The number of thiazole rings is 2. The highest BCUT2D eigenvalue weighted by molar-refractivity contribution is 7.22. The predicted octanol–water partition coefficient (Wildman–Crippen LogP) is 4.63. The Morgan fingerprint density at radius 3 is 2.30 bits per heavy atom. The van der Waals surface area contributed by atoms with Crippen LogP contribution in [0.4, 0.5) is 10.3 Å². The third-order valence-corrected chi connectivity index (χ3v) is 14.7. The predicted molar refractivity (Wildman–Crippen MR) is 280 cm³/mol. The van der Waals surface area contributed by atoms with Crippen LogP contribution in [0.2, 0.25) is 0 Å². The van der Waals surface area contributed by atoms with Crippen LogP contribution in [0.1, 0.15) is 84.9 Å². The summed E-state index contributed by atoms with van der Waals surface area (Å²) in [6, 6.07) is 17.7. The molecule has 8 rings (SSSR count). The summed E-state index contributed by atoms with van der Waals surface area (Å²) in [4.78, 5) is 88.9. The first-order valence-electron chi connectivity index (χ1n) is 24.8. The normalized spacial score (nSPS) is 15.3. The summed E-state index contributed by atoms with van der Waals surface area (Å²) in [7, 11) is 0. The number of carboxylic acids is 1. The molecule has 3 aliphatic rings. The molecule has 3 aromatic carbocycles. The number of aromatic nitrogens is 2. The molecule has 0 saturated carbocycles. The van der Waals surface area contributed by atoms with Crippen LogP contribution in [-0.2, 0) is 48.0 Å². The molecule has 0 spiro atoms. The van der Waals surface area contributed by atoms with Gasteiger partial charge in [-0.1, -0.05) is 54.3 Å². The lowest BCUT2D eigenvalue weighted by molar-refractivity contribution is -0.136. The number of unbranched alkanes of at least 4 members (excludes halogenated alkanes) is 1. The number of aryl methyl sites for hydroxylation is 1. The van der Waals surface area contributed by atoms with Gasteiger partial charge in [-0.15, -0.1) is 11.3 Å². The van der Waals surface area contributed by atoms with E-state index in [1.54, 1.807) is 18.2 Å². The van der Waals surface area contributed by atoms with Crippen molar-refractivity contribution >= 4 is 84.4 Å². The number of nitrogens with one attached hydrogen (secondary N) is 5. The van der Waals surface area contributed by atoms with Gasteiger partial charge in [0.15, 0.2) is 22.6 Å². The Hall–Kier alpha value is -6.66. The number of rotatable bonds is 29. The van der Waals surface area contributed by atoms with Gasteiger partial charge in [0.25, 0.3) is 17.7 Å². The van der Waals surface area contributed by atoms with E-state index in [0.29, 0.717) is 119 Å². The molecule has 6 N–H and O–H groups in total. The number of hydrogen-bond acceptors (Lipinski definition) is 17. The van der Waals surface area contributed by atoms with E-state index in [-0.39, 0.29) is 54.2 Å². The molecule has 5 heterocycles. The van der Waals surface area contributed by atoms with Crippen molar-refractivity contribution in [3.63, 3.8) is 0 Å². The monoisotopic (exact) mass is 1050 g/mol. The number of piperidine rings is 1. The van der Waals surface area contributed by atoms with Gasteiger partial charge < -0.3 is 44.9 Å². The molecule has 74 heavy (non-hydrogen) atoms. The van der Waals surface area contributed by atoms with Gasteiger partial charge in [-0.2, -0.15) is 0 Å². The van der Waals surface area contributed by atoms with Gasteiger partial charge in [0.2, 0.25) is 11.8 Å². The third-order valence-electron chi connectivity index (χ3n) is 12.6. The SMILES string of the molecule is C=C1c2cccc(OCC(=O)NCCCCNCCOCCOCCOCCNCCCc3sc(N4CCc5cccc(C(=O)Nc6nc7ccccc7s6)c5C4)nc3C(=O)O)c2C(=O)N1C1CCC(=O)NC1=O. The van der Waals surface area contributed by atoms with Crippen molar-refractivity contribution in [2.75, 3.05) is 95.7 Å². The van der Waals surface area contributed by atoms with E-state index in [1.165, 1.54) is 27.6 Å². The molecule has 2 aromatic heterocycles. The molecule has 0 aliphatic carbocycles. The smallest absolute Gasteiger partial charge is 0.355 e. The molecular formula is C52H61N9O11S2. The number of carboxylic acid groups (broad SMARTS) is 1. The Bertz CT molecular complexity index is 2800. The number of aromatic carboxylic acids is 1. The molecule has 1 fully saturated rings. The number of para-hydroxylation sites is 1. The zero-order valence-electron chi connectivity index (χ0n) is 41.0. The number of hydrogen-bond donors (Lipinski definition) is 6. The third kappa shape index (κ3) is 13.9. The lowest BCUT2D eigenvalue weighted by Gasteiger charge is -2.30. The molecule has 1 atom stereocenters. The molecule has 1 saturated heterocycles. The average molecular weight is 1050 g/mol. The number of fused-ring (bicyclic) bond motifs is 3. The summed E-state index contributed by atoms with van der Waals surface area (Å²) in [5, 5.41) is 25.9. The zero-order chi connectivity index (χ0) is 51.8. The summed E-state index contributed by atoms with van der Waals surface area (Å²) >= 11 is 2.83. The molecule has 5 amide bonds. The van der Waals surface area contributed by atoms with Gasteiger partial charge >= 0.3 is 5.97 Å². The lowest BCUT2D eigenvalue weighted by Crippen LogP contribution is -2.52. The van der Waals surface area contributed by atoms with Gasteiger partial charge in [0.05, 0.1) is 55.4 Å². The number of imide groups is 1. The second kappa shape index (κ2) is 26.5. The Morgan fingerprint density at radius 2 is 1.54 bits per heavy atom. The number of anilines is 2. The summed E-state index contributed by atoms with van der Waals surface area (Å²) < 4.78 is 23.7. The van der Waals surface area contributed by atoms with Gasteiger partial charge in [-0.05, 0) is 87.0 Å². The van der Waals surface area contributed by atoms with Crippen molar-refractivity contribution < 1.29 is 52.8 Å². The number of carbonyl (C=O) groups is 6. The summed E-state index contributed by atoms with van der Waals surface area (Å²) in [6.07, 6.45) is 3.93. The van der Waals surface area contributed by atoms with Crippen LogP contribution >= 0.6 is 22.7 Å². The largest absolute Gasteiger partial charge is 0.483 e. The molecule has 0 bridgehead atoms. The number of benzene rings is 3. The Labute approximate surface area is 436 Å². The number of nitrogens with zero attached hydrogens (tertiary/aromatic N) is 4. The van der Waals surface area contributed by atoms with Gasteiger partial charge in [-0.3, -0.25) is 39.5 Å². The van der Waals surface area contributed by atoms with E-state index in [2.05, 4.69) is 48.0 Å². The summed E-state index contributed by atoms with van der Waals surface area (Å²) in [5.41, 5.74) is 4.59. The maximum Gasteiger partial charge on any atom is 0.355 e. The van der Waals surface area contributed by atoms with Crippen molar-refractivity contribution in [1.29, 1.82) is 0 Å². The molecule has 392 valence electrons. The Kier molecular flexibility index (Phi) is 19.2. The molecule has 3 aliphatic heterocycles. The van der Waals surface area contributed by atoms with E-state index in [1.807, 2.05) is 42.5 Å². The average Bonchev–Trinajstić information content (AvgIpc) is 4.10. The first kappa shape index (κ1) is 53.6. The van der Waals surface area contributed by atoms with E-state index in [9.17, 15) is 33.9 Å². The maximum atomic E-state index is 13.5. The van der Waals surface area contributed by atoms with E-state index in [0.717, 1.165) is 52.0 Å². The molecule has 20 nitrogen and oxygen atoms in total. The van der Waals surface area contributed by atoms with E-state index in [4.69, 9.17) is 18.9 Å². The highest BCUT2D eigenvalue weighted by atomic mass is 32.1. The first-order chi connectivity index (χ1) is 36.0. The fourth-order valence-electron chi connectivity index (χ4n) is 8.85. The highest BCUT2D eigenvalue weighted by Gasteiger charge is 2.43. The minimum absolute atomic E-state index is 0.0768. The number of ether oxygens (including phenoxy) is 4. The van der Waals surface area contributed by atoms with Crippen LogP contribution in [-0.4, -0.2) is 147 Å². The first-order valence-corrected chi connectivity index (χ1v) is 26.5. The molecule has 0 radical (unpaired) electrons. The van der Waals surface area contributed by atoms with Crippen molar-refractivity contribution in [1.82, 2.24) is 36.1 Å². The minimum atomic E-state index is -1.05. The summed E-state index contributed by atoms with van der Waals surface area (Å²) in [5.74, 6) is -2.75. The van der Waals surface area contributed by atoms with E-state index >= 15 is 0 Å². The van der Waals surface area contributed by atoms with E-state index < -0.39 is 23.8 Å². The van der Waals surface area contributed by atoms with Crippen molar-refractivity contribution in [2.24, 2.45) is 0 Å². The molecular weight excluding hydrogens is 991 g/mol. The number of amides is 5. The molecule has 5 aromatic rings.